The number of likely N-dealkylation sites (tertiary alicyclic amines) is 1. The average molecular weight is 457 g/mol. The number of nitrogens with one attached hydrogen (secondary N) is 1. The highest BCUT2D eigenvalue weighted by atomic mass is 16.2. The highest BCUT2D eigenvalue weighted by Gasteiger charge is 2.44. The number of carbonyl (C=O) groups excluding carboxylic acids is 2. The van der Waals surface area contributed by atoms with Crippen LogP contribution in [0.1, 0.15) is 43.6 Å². The van der Waals surface area contributed by atoms with E-state index in [1.54, 1.807) is 6.20 Å². The molecule has 0 spiro atoms. The second-order valence-corrected chi connectivity index (χ2v) is 9.64. The van der Waals surface area contributed by atoms with Crippen molar-refractivity contribution in [2.24, 2.45) is 17.6 Å². The Morgan fingerprint density at radius 1 is 0.971 bits per heavy atom. The van der Waals surface area contributed by atoms with Gasteiger partial charge in [0, 0.05) is 35.7 Å². The fourth-order valence-corrected chi connectivity index (χ4v) is 5.66. The quantitative estimate of drug-likeness (QED) is 0.598. The minimum Gasteiger partial charge on any atom is -0.330 e. The summed E-state index contributed by atoms with van der Waals surface area (Å²) in [6.07, 6.45) is 6.25. The third kappa shape index (κ3) is 4.55. The van der Waals surface area contributed by atoms with Gasteiger partial charge in [0.15, 0.2) is 0 Å². The lowest BCUT2D eigenvalue weighted by Gasteiger charge is -2.33. The monoisotopic (exact) mass is 456 g/mol. The average Bonchev–Trinajstić information content (AvgIpc) is 3.34. The normalized spacial score (nSPS) is 24.8. The van der Waals surface area contributed by atoms with E-state index in [4.69, 9.17) is 5.73 Å². The zero-order valence-electron chi connectivity index (χ0n) is 19.4. The van der Waals surface area contributed by atoms with Crippen molar-refractivity contribution in [1.82, 2.24) is 9.88 Å². The number of nitrogens with zero attached hydrogens (tertiary/aromatic N) is 2. The molecule has 176 valence electrons. The van der Waals surface area contributed by atoms with Crippen molar-refractivity contribution < 1.29 is 9.59 Å². The van der Waals surface area contributed by atoms with Crippen LogP contribution in [0, 0.1) is 11.8 Å². The lowest BCUT2D eigenvalue weighted by Crippen LogP contribution is -2.48. The first kappa shape index (κ1) is 22.5. The molecule has 3 N–H and O–H groups in total. The van der Waals surface area contributed by atoms with Crippen molar-refractivity contribution in [1.29, 1.82) is 0 Å². The Morgan fingerprint density at radius 2 is 1.76 bits per heavy atom. The maximum absolute atomic E-state index is 13.7. The first-order chi connectivity index (χ1) is 16.6. The fourth-order valence-electron chi connectivity index (χ4n) is 5.66. The Balaban J connectivity index is 1.39. The van der Waals surface area contributed by atoms with E-state index >= 15 is 0 Å². The smallest absolute Gasteiger partial charge is 0.247 e. The molecular weight excluding hydrogens is 424 g/mol. The third-order valence-electron chi connectivity index (χ3n) is 7.58. The molecule has 2 aromatic carbocycles. The van der Waals surface area contributed by atoms with E-state index in [0.29, 0.717) is 19.0 Å². The molecule has 2 heterocycles. The summed E-state index contributed by atoms with van der Waals surface area (Å²) in [7, 11) is 0. The summed E-state index contributed by atoms with van der Waals surface area (Å²) in [5.74, 6) is 0.476. The minimum atomic E-state index is -0.522. The summed E-state index contributed by atoms with van der Waals surface area (Å²) in [5, 5.41) is 4.07. The molecule has 2 fully saturated rings. The first-order valence-electron chi connectivity index (χ1n) is 12.3. The molecule has 0 radical (unpaired) electrons. The van der Waals surface area contributed by atoms with Crippen molar-refractivity contribution in [2.45, 2.75) is 44.1 Å². The van der Waals surface area contributed by atoms with E-state index in [1.165, 1.54) is 0 Å². The van der Waals surface area contributed by atoms with Gasteiger partial charge in [-0.3, -0.25) is 14.6 Å². The number of rotatable bonds is 5. The molecular formula is C28H32N4O2. The molecule has 2 aliphatic rings. The molecule has 3 aromatic rings. The van der Waals surface area contributed by atoms with Crippen LogP contribution in [-0.4, -0.2) is 40.8 Å². The SMILES string of the molecule is NC[C@H]1CC[C@H](C(=O)N2CC[C@@H](c3ccccc3)[C@H]2C(=O)Nc2ccc3ncccc3c2)CC1. The Morgan fingerprint density at radius 3 is 2.53 bits per heavy atom. The number of anilines is 1. The van der Waals surface area contributed by atoms with Gasteiger partial charge in [-0.05, 0) is 74.4 Å². The number of benzene rings is 2. The second-order valence-electron chi connectivity index (χ2n) is 9.64. The predicted molar refractivity (Wildman–Crippen MR) is 134 cm³/mol. The van der Waals surface area contributed by atoms with Gasteiger partial charge in [0.25, 0.3) is 0 Å². The maximum Gasteiger partial charge on any atom is 0.247 e. The Hall–Kier alpha value is -3.25. The first-order valence-corrected chi connectivity index (χ1v) is 12.3. The van der Waals surface area contributed by atoms with E-state index in [1.807, 2.05) is 53.4 Å². The standard InChI is InChI=1S/C28H32N4O2/c29-18-19-8-10-21(11-9-19)28(34)32-16-14-24(20-5-2-1-3-6-20)26(32)27(33)31-23-12-13-25-22(17-23)7-4-15-30-25/h1-7,12-13,15,17,19,21,24,26H,8-11,14,16,18,29H2,(H,31,33)/t19-,21-,24-,26-/m0/s1. The van der Waals surface area contributed by atoms with Crippen molar-refractivity contribution in [3.8, 4) is 0 Å². The highest BCUT2D eigenvalue weighted by Crippen LogP contribution is 2.38. The Labute approximate surface area is 200 Å². The molecule has 5 rings (SSSR count). The molecule has 1 aliphatic carbocycles. The molecule has 1 saturated carbocycles. The summed E-state index contributed by atoms with van der Waals surface area (Å²) in [5.41, 5.74) is 8.56. The number of hydrogen-bond acceptors (Lipinski definition) is 4. The topological polar surface area (TPSA) is 88.3 Å². The van der Waals surface area contributed by atoms with Crippen LogP contribution in [-0.2, 0) is 9.59 Å². The molecule has 6 heteroatoms. The fraction of sp³-hybridized carbons (Fsp3) is 0.393. The number of aromatic nitrogens is 1. The van der Waals surface area contributed by atoms with Crippen LogP contribution in [0.15, 0.2) is 66.9 Å². The van der Waals surface area contributed by atoms with E-state index in [2.05, 4.69) is 22.4 Å². The van der Waals surface area contributed by atoms with Crippen LogP contribution in [0.5, 0.6) is 0 Å². The third-order valence-corrected chi connectivity index (χ3v) is 7.58. The number of pyridine rings is 1. The number of fused-ring (bicyclic) bond motifs is 1. The van der Waals surface area contributed by atoms with Gasteiger partial charge in [-0.1, -0.05) is 36.4 Å². The van der Waals surface area contributed by atoms with Gasteiger partial charge < -0.3 is 16.0 Å². The van der Waals surface area contributed by atoms with Crippen LogP contribution in [0.2, 0.25) is 0 Å². The summed E-state index contributed by atoms with van der Waals surface area (Å²) in [6, 6.07) is 19.2. The second kappa shape index (κ2) is 9.94. The van der Waals surface area contributed by atoms with Crippen molar-refractivity contribution in [3.63, 3.8) is 0 Å². The summed E-state index contributed by atoms with van der Waals surface area (Å²) in [4.78, 5) is 33.5. The summed E-state index contributed by atoms with van der Waals surface area (Å²) >= 11 is 0. The molecule has 1 aromatic heterocycles. The number of hydrogen-bond donors (Lipinski definition) is 2. The van der Waals surface area contributed by atoms with Crippen LogP contribution in [0.25, 0.3) is 10.9 Å². The van der Waals surface area contributed by atoms with Crippen molar-refractivity contribution in [3.05, 3.63) is 72.4 Å². The van der Waals surface area contributed by atoms with E-state index < -0.39 is 6.04 Å². The molecule has 0 bridgehead atoms. The van der Waals surface area contributed by atoms with E-state index in [-0.39, 0.29) is 23.7 Å². The number of carbonyl (C=O) groups is 2. The molecule has 2 amide bonds. The molecule has 2 atom stereocenters. The van der Waals surface area contributed by atoms with Gasteiger partial charge in [-0.2, -0.15) is 0 Å². The Bertz CT molecular complexity index is 1160. The molecule has 0 unspecified atom stereocenters. The lowest BCUT2D eigenvalue weighted by molar-refractivity contribution is -0.141. The van der Waals surface area contributed by atoms with Crippen molar-refractivity contribution in [2.75, 3.05) is 18.4 Å². The highest BCUT2D eigenvalue weighted by molar-refractivity contribution is 6.00. The zero-order chi connectivity index (χ0) is 23.5. The van der Waals surface area contributed by atoms with Gasteiger partial charge in [0.1, 0.15) is 6.04 Å². The molecule has 1 aliphatic heterocycles. The maximum atomic E-state index is 13.7. The van der Waals surface area contributed by atoms with E-state index in [9.17, 15) is 9.59 Å². The zero-order valence-corrected chi connectivity index (χ0v) is 19.4. The largest absolute Gasteiger partial charge is 0.330 e. The Kier molecular flexibility index (Phi) is 6.59. The van der Waals surface area contributed by atoms with Crippen LogP contribution in [0.3, 0.4) is 0 Å². The number of amides is 2. The predicted octanol–water partition coefficient (Wildman–Crippen LogP) is 4.32. The van der Waals surface area contributed by atoms with Crippen LogP contribution < -0.4 is 11.1 Å². The molecule has 1 saturated heterocycles. The van der Waals surface area contributed by atoms with E-state index in [0.717, 1.165) is 54.3 Å². The summed E-state index contributed by atoms with van der Waals surface area (Å²) in [6.45, 7) is 1.29. The molecule has 6 nitrogen and oxygen atoms in total. The van der Waals surface area contributed by atoms with Crippen LogP contribution >= 0.6 is 0 Å². The number of nitrogens with two attached hydrogens (primary N) is 1. The van der Waals surface area contributed by atoms with Gasteiger partial charge in [0.05, 0.1) is 5.52 Å². The lowest BCUT2D eigenvalue weighted by atomic mass is 9.81. The van der Waals surface area contributed by atoms with Gasteiger partial charge >= 0.3 is 0 Å². The van der Waals surface area contributed by atoms with Crippen molar-refractivity contribution >= 4 is 28.4 Å². The van der Waals surface area contributed by atoms with Gasteiger partial charge in [-0.15, -0.1) is 0 Å². The van der Waals surface area contributed by atoms with Crippen LogP contribution in [0.4, 0.5) is 5.69 Å². The minimum absolute atomic E-state index is 0.0145. The van der Waals surface area contributed by atoms with Gasteiger partial charge in [0.2, 0.25) is 11.8 Å². The summed E-state index contributed by atoms with van der Waals surface area (Å²) < 4.78 is 0. The molecule has 34 heavy (non-hydrogen) atoms. The van der Waals surface area contributed by atoms with Gasteiger partial charge in [-0.25, -0.2) is 0 Å².